The van der Waals surface area contributed by atoms with E-state index in [0.29, 0.717) is 11.6 Å². The second-order valence-corrected chi connectivity index (χ2v) is 7.02. The van der Waals surface area contributed by atoms with Gasteiger partial charge in [0.2, 0.25) is 5.91 Å². The Balaban J connectivity index is 1.93. The Morgan fingerprint density at radius 1 is 1.30 bits per heavy atom. The maximum absolute atomic E-state index is 12.3. The van der Waals surface area contributed by atoms with Crippen molar-refractivity contribution in [3.63, 3.8) is 0 Å². The molecule has 0 unspecified atom stereocenters. The van der Waals surface area contributed by atoms with Crippen LogP contribution < -0.4 is 14.8 Å². The molecule has 27 heavy (non-hydrogen) atoms. The van der Waals surface area contributed by atoms with Gasteiger partial charge in [-0.1, -0.05) is 13.0 Å². The zero-order chi connectivity index (χ0) is 20.0. The maximum Gasteiger partial charge on any atom is 0.422 e. The Bertz CT molecular complexity index is 791. The number of aryl methyl sites for hydroxylation is 3. The Hall–Kier alpha value is -2.29. The normalized spacial score (nSPS) is 11.3. The lowest BCUT2D eigenvalue weighted by Crippen LogP contribution is -2.19. The number of carbonyl (C=O) groups is 1. The van der Waals surface area contributed by atoms with Crippen LogP contribution in [0.3, 0.4) is 0 Å². The summed E-state index contributed by atoms with van der Waals surface area (Å²) >= 11 is 1.43. The van der Waals surface area contributed by atoms with Gasteiger partial charge >= 0.3 is 6.18 Å². The molecule has 0 spiro atoms. The zero-order valence-corrected chi connectivity index (χ0v) is 16.1. The van der Waals surface area contributed by atoms with E-state index in [1.165, 1.54) is 24.5 Å². The summed E-state index contributed by atoms with van der Waals surface area (Å²) in [6, 6.07) is 4.60. The molecule has 1 aromatic carbocycles. The van der Waals surface area contributed by atoms with Gasteiger partial charge in [0.1, 0.15) is 0 Å². The second-order valence-electron chi connectivity index (χ2n) is 5.81. The number of alkyl halides is 3. The molecule has 0 aliphatic carbocycles. The highest BCUT2D eigenvalue weighted by Crippen LogP contribution is 2.30. The summed E-state index contributed by atoms with van der Waals surface area (Å²) in [6.07, 6.45) is -2.99. The van der Waals surface area contributed by atoms with Crippen molar-refractivity contribution in [3.8, 4) is 11.5 Å². The number of hydrogen-bond donors (Lipinski definition) is 1. The van der Waals surface area contributed by atoms with Crippen molar-refractivity contribution in [2.75, 3.05) is 19.0 Å². The first kappa shape index (κ1) is 21.0. The molecule has 1 heterocycles. The summed E-state index contributed by atoms with van der Waals surface area (Å²) in [5, 5.41) is 3.34. The fourth-order valence-electron chi connectivity index (χ4n) is 2.40. The molecule has 148 valence electrons. The molecule has 9 heteroatoms. The SMILES string of the molecule is CCc1nc(NC(=O)CCc2ccc(OCC(F)(F)F)c(OC)c2)sc1C. The third-order valence-electron chi connectivity index (χ3n) is 3.73. The molecule has 1 aromatic heterocycles. The molecule has 0 radical (unpaired) electrons. The first-order valence-electron chi connectivity index (χ1n) is 8.34. The standard InChI is InChI=1S/C18H21F3N2O3S/c1-4-13-11(2)27-17(22-13)23-16(24)8-6-12-5-7-14(15(9-12)25-3)26-10-18(19,20)21/h5,7,9H,4,6,8,10H2,1-3H3,(H,22,23,24). The van der Waals surface area contributed by atoms with E-state index in [2.05, 4.69) is 10.3 Å². The molecule has 0 saturated carbocycles. The number of benzene rings is 1. The molecule has 0 fully saturated rings. The minimum absolute atomic E-state index is 0.00776. The average molecular weight is 402 g/mol. The largest absolute Gasteiger partial charge is 0.493 e. The van der Waals surface area contributed by atoms with Crippen LogP contribution in [0.5, 0.6) is 11.5 Å². The van der Waals surface area contributed by atoms with Crippen LogP contribution in [0.1, 0.15) is 29.5 Å². The lowest BCUT2D eigenvalue weighted by atomic mass is 10.1. The number of halogens is 3. The molecule has 2 rings (SSSR count). The smallest absolute Gasteiger partial charge is 0.422 e. The monoisotopic (exact) mass is 402 g/mol. The first-order chi connectivity index (χ1) is 12.7. The Labute approximate surface area is 159 Å². The lowest BCUT2D eigenvalue weighted by Gasteiger charge is -2.13. The van der Waals surface area contributed by atoms with E-state index in [1.807, 2.05) is 13.8 Å². The molecule has 1 N–H and O–H groups in total. The van der Waals surface area contributed by atoms with Gasteiger partial charge in [0, 0.05) is 11.3 Å². The van der Waals surface area contributed by atoms with Crippen LogP contribution >= 0.6 is 11.3 Å². The van der Waals surface area contributed by atoms with Crippen molar-refractivity contribution >= 4 is 22.4 Å². The number of aromatic nitrogens is 1. The highest BCUT2D eigenvalue weighted by Gasteiger charge is 2.29. The number of methoxy groups -OCH3 is 1. The van der Waals surface area contributed by atoms with Gasteiger partial charge in [-0.3, -0.25) is 4.79 Å². The summed E-state index contributed by atoms with van der Waals surface area (Å²) in [5.74, 6) is 0.0245. The minimum atomic E-state index is -4.42. The van der Waals surface area contributed by atoms with Gasteiger partial charge in [-0.25, -0.2) is 4.98 Å². The average Bonchev–Trinajstić information content (AvgIpc) is 2.96. The van der Waals surface area contributed by atoms with Crippen molar-refractivity contribution in [1.82, 2.24) is 4.98 Å². The van der Waals surface area contributed by atoms with Crippen LogP contribution in [-0.2, 0) is 17.6 Å². The summed E-state index contributed by atoms with van der Waals surface area (Å²) in [4.78, 5) is 17.5. The van der Waals surface area contributed by atoms with Crippen LogP contribution in [0.4, 0.5) is 18.3 Å². The van der Waals surface area contributed by atoms with Gasteiger partial charge in [-0.2, -0.15) is 13.2 Å². The summed E-state index contributed by atoms with van der Waals surface area (Å²) in [7, 11) is 1.35. The van der Waals surface area contributed by atoms with E-state index in [0.717, 1.165) is 22.6 Å². The number of nitrogens with zero attached hydrogens (tertiary/aromatic N) is 1. The van der Waals surface area contributed by atoms with Crippen molar-refractivity contribution < 1.29 is 27.4 Å². The van der Waals surface area contributed by atoms with Crippen LogP contribution in [-0.4, -0.2) is 30.8 Å². The van der Waals surface area contributed by atoms with Gasteiger partial charge in [0.05, 0.1) is 12.8 Å². The third-order valence-corrected chi connectivity index (χ3v) is 4.66. The highest BCUT2D eigenvalue weighted by atomic mass is 32.1. The number of hydrogen-bond acceptors (Lipinski definition) is 5. The Morgan fingerprint density at radius 3 is 2.63 bits per heavy atom. The van der Waals surface area contributed by atoms with Crippen molar-refractivity contribution in [1.29, 1.82) is 0 Å². The number of thiazole rings is 1. The summed E-state index contributed by atoms with van der Waals surface area (Å²) in [6.45, 7) is 2.57. The van der Waals surface area contributed by atoms with E-state index < -0.39 is 12.8 Å². The number of carbonyl (C=O) groups excluding carboxylic acids is 1. The van der Waals surface area contributed by atoms with Crippen LogP contribution in [0.25, 0.3) is 0 Å². The molecule has 0 bridgehead atoms. The predicted molar refractivity (Wildman–Crippen MR) is 97.7 cm³/mol. The summed E-state index contributed by atoms with van der Waals surface area (Å²) in [5.41, 5.74) is 1.72. The van der Waals surface area contributed by atoms with E-state index in [9.17, 15) is 18.0 Å². The molecule has 5 nitrogen and oxygen atoms in total. The first-order valence-corrected chi connectivity index (χ1v) is 9.16. The fraction of sp³-hybridized carbons (Fsp3) is 0.444. The molecule has 2 aromatic rings. The number of anilines is 1. The second kappa shape index (κ2) is 9.07. The molecular formula is C18H21F3N2O3S. The van der Waals surface area contributed by atoms with Crippen molar-refractivity contribution in [2.45, 2.75) is 39.3 Å². The fourth-order valence-corrected chi connectivity index (χ4v) is 3.31. The Kier molecular flexibility index (Phi) is 7.06. The van der Waals surface area contributed by atoms with E-state index in [1.54, 1.807) is 12.1 Å². The van der Waals surface area contributed by atoms with E-state index in [4.69, 9.17) is 9.47 Å². The van der Waals surface area contributed by atoms with Gasteiger partial charge in [0.15, 0.2) is 23.2 Å². The van der Waals surface area contributed by atoms with E-state index >= 15 is 0 Å². The summed E-state index contributed by atoms with van der Waals surface area (Å²) < 4.78 is 46.7. The Morgan fingerprint density at radius 2 is 2.04 bits per heavy atom. The number of ether oxygens (including phenoxy) is 2. The molecule has 0 aliphatic heterocycles. The molecule has 0 saturated heterocycles. The predicted octanol–water partition coefficient (Wildman–Crippen LogP) is 4.53. The van der Waals surface area contributed by atoms with Gasteiger partial charge in [0.25, 0.3) is 0 Å². The van der Waals surface area contributed by atoms with Crippen LogP contribution in [0.15, 0.2) is 18.2 Å². The maximum atomic E-state index is 12.3. The number of amides is 1. The topological polar surface area (TPSA) is 60.5 Å². The highest BCUT2D eigenvalue weighted by molar-refractivity contribution is 7.15. The molecule has 0 aliphatic rings. The van der Waals surface area contributed by atoms with Crippen molar-refractivity contribution in [3.05, 3.63) is 34.3 Å². The molecule has 1 amide bonds. The number of nitrogens with one attached hydrogen (secondary N) is 1. The third kappa shape index (κ3) is 6.42. The lowest BCUT2D eigenvalue weighted by molar-refractivity contribution is -0.153. The van der Waals surface area contributed by atoms with Gasteiger partial charge in [-0.05, 0) is 37.5 Å². The minimum Gasteiger partial charge on any atom is -0.493 e. The van der Waals surface area contributed by atoms with Gasteiger partial charge in [-0.15, -0.1) is 11.3 Å². The molecular weight excluding hydrogens is 381 g/mol. The van der Waals surface area contributed by atoms with Crippen LogP contribution in [0.2, 0.25) is 0 Å². The zero-order valence-electron chi connectivity index (χ0n) is 15.3. The quantitative estimate of drug-likeness (QED) is 0.705. The van der Waals surface area contributed by atoms with Gasteiger partial charge < -0.3 is 14.8 Å². The molecule has 0 atom stereocenters. The van der Waals surface area contributed by atoms with E-state index in [-0.39, 0.29) is 23.8 Å². The van der Waals surface area contributed by atoms with Crippen molar-refractivity contribution in [2.24, 2.45) is 0 Å². The number of rotatable bonds is 8. The van der Waals surface area contributed by atoms with Crippen LogP contribution in [0, 0.1) is 6.92 Å².